The van der Waals surface area contributed by atoms with Crippen LogP contribution in [0.3, 0.4) is 0 Å². The fourth-order valence-electron chi connectivity index (χ4n) is 2.13. The van der Waals surface area contributed by atoms with E-state index in [-0.39, 0.29) is 10.7 Å². The fraction of sp³-hybridized carbons (Fsp3) is 0.545. The zero-order valence-electron chi connectivity index (χ0n) is 10.7. The van der Waals surface area contributed by atoms with Crippen molar-refractivity contribution in [2.24, 2.45) is 5.84 Å². The molecule has 4 N–H and O–H groups in total. The highest BCUT2D eigenvalue weighted by molar-refractivity contribution is 7.89. The Labute approximate surface area is 113 Å². The molecule has 1 aromatic rings. The highest BCUT2D eigenvalue weighted by atomic mass is 32.2. The Morgan fingerprint density at radius 3 is 2.79 bits per heavy atom. The van der Waals surface area contributed by atoms with Crippen LogP contribution in [0.15, 0.2) is 23.4 Å². The Hall–Kier alpha value is -1.22. The summed E-state index contributed by atoms with van der Waals surface area (Å²) in [5.41, 5.74) is 2.63. The Balaban J connectivity index is 1.97. The summed E-state index contributed by atoms with van der Waals surface area (Å²) in [6, 6.07) is 3.19. The van der Waals surface area contributed by atoms with E-state index in [1.807, 2.05) is 0 Å². The summed E-state index contributed by atoms with van der Waals surface area (Å²) >= 11 is 0. The Morgan fingerprint density at radius 1 is 1.37 bits per heavy atom. The summed E-state index contributed by atoms with van der Waals surface area (Å²) in [5, 5.41) is -0.0704. The third-order valence-corrected chi connectivity index (χ3v) is 4.52. The van der Waals surface area contributed by atoms with E-state index in [4.69, 9.17) is 5.84 Å². The normalized spacial score (nSPS) is 16.7. The molecule has 7 nitrogen and oxygen atoms in total. The Morgan fingerprint density at radius 2 is 2.11 bits per heavy atom. The molecule has 1 aliphatic heterocycles. The van der Waals surface area contributed by atoms with Crippen molar-refractivity contribution in [3.8, 4) is 0 Å². The van der Waals surface area contributed by atoms with Crippen LogP contribution in [0.2, 0.25) is 0 Å². The van der Waals surface area contributed by atoms with Crippen LogP contribution in [0, 0.1) is 0 Å². The lowest BCUT2D eigenvalue weighted by atomic mass is 10.4. The van der Waals surface area contributed by atoms with Gasteiger partial charge in [0.25, 0.3) is 10.0 Å². The molecule has 8 heteroatoms. The van der Waals surface area contributed by atoms with Gasteiger partial charge in [-0.1, -0.05) is 0 Å². The smallest absolute Gasteiger partial charge is 0.260 e. The van der Waals surface area contributed by atoms with Gasteiger partial charge in [-0.25, -0.2) is 18.1 Å². The largest absolute Gasteiger partial charge is 0.321 e. The molecule has 0 bridgehead atoms. The summed E-state index contributed by atoms with van der Waals surface area (Å²) in [6.07, 6.45) is 3.80. The number of sulfonamides is 1. The molecule has 0 unspecified atom stereocenters. The first-order valence-corrected chi connectivity index (χ1v) is 7.75. The molecule has 0 aliphatic carbocycles. The first kappa shape index (κ1) is 14.2. The number of hydrogen-bond donors (Lipinski definition) is 3. The molecule has 0 radical (unpaired) electrons. The zero-order valence-corrected chi connectivity index (χ0v) is 11.5. The van der Waals surface area contributed by atoms with Gasteiger partial charge >= 0.3 is 0 Å². The van der Waals surface area contributed by atoms with Crippen molar-refractivity contribution in [2.45, 2.75) is 17.9 Å². The molecule has 1 aromatic heterocycles. The molecule has 1 saturated heterocycles. The molecule has 106 valence electrons. The highest BCUT2D eigenvalue weighted by Gasteiger charge is 2.20. The van der Waals surface area contributed by atoms with Crippen molar-refractivity contribution in [1.82, 2.24) is 14.6 Å². The molecule has 2 heterocycles. The standard InChI is InChI=1S/C11H19N5O2S/c12-15-10-4-3-5-13-11(10)19(17,18)14-6-9-16-7-1-2-8-16/h3-5,14-15H,1-2,6-9,12H2. The van der Waals surface area contributed by atoms with Crippen LogP contribution in [-0.4, -0.2) is 44.5 Å². The summed E-state index contributed by atoms with van der Waals surface area (Å²) in [7, 11) is -3.63. The lowest BCUT2D eigenvalue weighted by Crippen LogP contribution is -2.34. The van der Waals surface area contributed by atoms with Crippen LogP contribution in [0.5, 0.6) is 0 Å². The monoisotopic (exact) mass is 285 g/mol. The minimum atomic E-state index is -3.63. The first-order chi connectivity index (χ1) is 9.13. The lowest BCUT2D eigenvalue weighted by Gasteiger charge is -2.15. The van der Waals surface area contributed by atoms with Gasteiger partial charge in [0.05, 0.1) is 5.69 Å². The maximum Gasteiger partial charge on any atom is 0.260 e. The minimum Gasteiger partial charge on any atom is -0.321 e. The topological polar surface area (TPSA) is 100 Å². The van der Waals surface area contributed by atoms with E-state index in [0.717, 1.165) is 19.6 Å². The quantitative estimate of drug-likeness (QED) is 0.492. The van der Waals surface area contributed by atoms with Gasteiger partial charge in [0.15, 0.2) is 5.03 Å². The second-order valence-electron chi connectivity index (χ2n) is 4.45. The number of anilines is 1. The second-order valence-corrected chi connectivity index (χ2v) is 6.13. The highest BCUT2D eigenvalue weighted by Crippen LogP contribution is 2.16. The van der Waals surface area contributed by atoms with Crippen molar-refractivity contribution in [2.75, 3.05) is 31.6 Å². The third-order valence-electron chi connectivity index (χ3n) is 3.10. The summed E-state index contributed by atoms with van der Waals surface area (Å²) in [6.45, 7) is 3.18. The Bertz CT molecular complexity index is 514. The van der Waals surface area contributed by atoms with Crippen molar-refractivity contribution in [3.05, 3.63) is 18.3 Å². The van der Waals surface area contributed by atoms with Crippen molar-refractivity contribution in [3.63, 3.8) is 0 Å². The molecule has 0 spiro atoms. The number of hydrogen-bond acceptors (Lipinski definition) is 6. The predicted octanol–water partition coefficient (Wildman–Crippen LogP) is -0.259. The SMILES string of the molecule is NNc1cccnc1S(=O)(=O)NCCN1CCCC1. The molecule has 19 heavy (non-hydrogen) atoms. The van der Waals surface area contributed by atoms with Gasteiger partial charge in [-0.2, -0.15) is 0 Å². The summed E-state index contributed by atoms with van der Waals surface area (Å²) < 4.78 is 26.7. The predicted molar refractivity (Wildman–Crippen MR) is 72.9 cm³/mol. The van der Waals surface area contributed by atoms with E-state index in [0.29, 0.717) is 6.54 Å². The molecule has 2 rings (SSSR count). The maximum absolute atomic E-state index is 12.1. The molecule has 0 atom stereocenters. The van der Waals surface area contributed by atoms with Crippen molar-refractivity contribution >= 4 is 15.7 Å². The summed E-state index contributed by atoms with van der Waals surface area (Å²) in [4.78, 5) is 6.10. The Kier molecular flexibility index (Phi) is 4.70. The number of nitrogens with one attached hydrogen (secondary N) is 2. The van der Waals surface area contributed by atoms with E-state index in [2.05, 4.69) is 20.0 Å². The average Bonchev–Trinajstić information content (AvgIpc) is 2.91. The summed E-state index contributed by atoms with van der Waals surface area (Å²) in [5.74, 6) is 5.29. The van der Waals surface area contributed by atoms with Gasteiger partial charge in [0.2, 0.25) is 0 Å². The van der Waals surface area contributed by atoms with Crippen LogP contribution in [0.25, 0.3) is 0 Å². The number of nitrogen functional groups attached to an aromatic ring is 1. The number of aromatic nitrogens is 1. The van der Waals surface area contributed by atoms with E-state index >= 15 is 0 Å². The molecule has 0 saturated carbocycles. The van der Waals surface area contributed by atoms with E-state index in [9.17, 15) is 8.42 Å². The number of likely N-dealkylation sites (tertiary alicyclic amines) is 1. The molecule has 0 amide bonds. The van der Waals surface area contributed by atoms with Crippen LogP contribution in [-0.2, 0) is 10.0 Å². The number of rotatable bonds is 6. The number of nitrogens with two attached hydrogens (primary N) is 1. The maximum atomic E-state index is 12.1. The van der Waals surface area contributed by atoms with E-state index < -0.39 is 10.0 Å². The van der Waals surface area contributed by atoms with Gasteiger partial charge in [-0.15, -0.1) is 0 Å². The average molecular weight is 285 g/mol. The molecular formula is C11H19N5O2S. The third kappa shape index (κ3) is 3.63. The van der Waals surface area contributed by atoms with Gasteiger partial charge < -0.3 is 10.3 Å². The zero-order chi connectivity index (χ0) is 13.7. The van der Waals surface area contributed by atoms with Crippen LogP contribution >= 0.6 is 0 Å². The molecule has 0 aromatic carbocycles. The van der Waals surface area contributed by atoms with Gasteiger partial charge in [0.1, 0.15) is 0 Å². The minimum absolute atomic E-state index is 0.0704. The van der Waals surface area contributed by atoms with Crippen LogP contribution < -0.4 is 16.0 Å². The van der Waals surface area contributed by atoms with Crippen molar-refractivity contribution < 1.29 is 8.42 Å². The molecule has 1 fully saturated rings. The van der Waals surface area contributed by atoms with E-state index in [1.165, 1.54) is 19.0 Å². The van der Waals surface area contributed by atoms with Crippen molar-refractivity contribution in [1.29, 1.82) is 0 Å². The molecule has 1 aliphatic rings. The van der Waals surface area contributed by atoms with Crippen LogP contribution in [0.1, 0.15) is 12.8 Å². The van der Waals surface area contributed by atoms with Crippen LogP contribution in [0.4, 0.5) is 5.69 Å². The molecular weight excluding hydrogens is 266 g/mol. The first-order valence-electron chi connectivity index (χ1n) is 6.27. The number of hydrazine groups is 1. The number of pyridine rings is 1. The number of nitrogens with zero attached hydrogens (tertiary/aromatic N) is 2. The van der Waals surface area contributed by atoms with Gasteiger partial charge in [-0.3, -0.25) is 5.84 Å². The lowest BCUT2D eigenvalue weighted by molar-refractivity contribution is 0.344. The van der Waals surface area contributed by atoms with E-state index in [1.54, 1.807) is 12.1 Å². The van der Waals surface area contributed by atoms with Gasteiger partial charge in [0, 0.05) is 19.3 Å². The van der Waals surface area contributed by atoms with Gasteiger partial charge in [-0.05, 0) is 38.1 Å². The fourth-order valence-corrected chi connectivity index (χ4v) is 3.24. The second kappa shape index (κ2) is 6.29.